The van der Waals surface area contributed by atoms with Crippen molar-refractivity contribution in [3.8, 4) is 0 Å². The highest BCUT2D eigenvalue weighted by molar-refractivity contribution is 5.93. The molecule has 2 unspecified atom stereocenters. The summed E-state index contributed by atoms with van der Waals surface area (Å²) in [5.41, 5.74) is 6.91. The van der Waals surface area contributed by atoms with E-state index in [-0.39, 0.29) is 5.84 Å². The Kier molecular flexibility index (Phi) is 3.56. The van der Waals surface area contributed by atoms with Gasteiger partial charge in [0.05, 0.1) is 18.8 Å². The number of morpholine rings is 1. The van der Waals surface area contributed by atoms with Crippen LogP contribution in [0.15, 0.2) is 6.07 Å². The molecule has 0 radical (unpaired) electrons. The Morgan fingerprint density at radius 1 is 1.40 bits per heavy atom. The summed E-state index contributed by atoms with van der Waals surface area (Å²) < 4.78 is 5.88. The molecule has 0 aromatic carbocycles. The molecule has 0 amide bonds. The molecule has 0 bridgehead atoms. The fourth-order valence-electron chi connectivity index (χ4n) is 3.16. The van der Waals surface area contributed by atoms with Crippen molar-refractivity contribution in [2.24, 2.45) is 5.73 Å². The number of aromatic nitrogens is 2. The maximum Gasteiger partial charge on any atom is 0.226 e. The first kappa shape index (κ1) is 13.3. The normalized spacial score (nSPS) is 26.1. The van der Waals surface area contributed by atoms with Crippen molar-refractivity contribution in [3.63, 3.8) is 0 Å². The van der Waals surface area contributed by atoms with Gasteiger partial charge in [0.2, 0.25) is 5.95 Å². The highest BCUT2D eigenvalue weighted by atomic mass is 16.5. The number of anilines is 1. The Morgan fingerprint density at radius 3 is 3.00 bits per heavy atom. The average Bonchev–Trinajstić information content (AvgIpc) is 2.46. The molecule has 3 rings (SSSR count). The summed E-state index contributed by atoms with van der Waals surface area (Å²) in [5, 5.41) is 7.57. The van der Waals surface area contributed by atoms with E-state index in [9.17, 15) is 0 Å². The van der Waals surface area contributed by atoms with E-state index in [4.69, 9.17) is 15.9 Å². The number of fused-ring (bicyclic) bond motifs is 1. The summed E-state index contributed by atoms with van der Waals surface area (Å²) >= 11 is 0. The van der Waals surface area contributed by atoms with Crippen molar-refractivity contribution in [3.05, 3.63) is 17.5 Å². The lowest BCUT2D eigenvalue weighted by Gasteiger charge is -2.43. The lowest BCUT2D eigenvalue weighted by molar-refractivity contribution is -0.00933. The molecular formula is C14H21N5O. The van der Waals surface area contributed by atoms with E-state index in [1.807, 2.05) is 6.92 Å². The SMILES string of the molecule is Cc1cc(C(=N)N)nc(N2CCOC3CCCCC32)n1. The standard InChI is InChI=1S/C14H21N5O/c1-9-8-10(13(15)16)18-14(17-9)19-6-7-20-12-5-3-2-4-11(12)19/h8,11-12H,2-7H2,1H3,(H3,15,16). The third kappa shape index (κ3) is 2.47. The maximum atomic E-state index is 7.57. The van der Waals surface area contributed by atoms with Gasteiger partial charge in [-0.25, -0.2) is 9.97 Å². The van der Waals surface area contributed by atoms with Crippen LogP contribution in [0.1, 0.15) is 37.1 Å². The van der Waals surface area contributed by atoms with Gasteiger partial charge in [-0.1, -0.05) is 12.8 Å². The summed E-state index contributed by atoms with van der Waals surface area (Å²) in [7, 11) is 0. The van der Waals surface area contributed by atoms with Crippen molar-refractivity contribution in [2.75, 3.05) is 18.1 Å². The van der Waals surface area contributed by atoms with E-state index >= 15 is 0 Å². The van der Waals surface area contributed by atoms with Crippen LogP contribution >= 0.6 is 0 Å². The summed E-state index contributed by atoms with van der Waals surface area (Å²) in [6.45, 7) is 3.44. The molecule has 1 aromatic heterocycles. The number of nitrogens with one attached hydrogen (secondary N) is 1. The minimum absolute atomic E-state index is 0.00907. The number of nitrogen functional groups attached to an aromatic ring is 1. The van der Waals surface area contributed by atoms with Crippen LogP contribution in [0.3, 0.4) is 0 Å². The minimum Gasteiger partial charge on any atom is -0.382 e. The second kappa shape index (κ2) is 5.36. The molecule has 1 saturated heterocycles. The van der Waals surface area contributed by atoms with Gasteiger partial charge in [0.25, 0.3) is 0 Å². The van der Waals surface area contributed by atoms with Gasteiger partial charge in [0.15, 0.2) is 0 Å². The molecule has 20 heavy (non-hydrogen) atoms. The van der Waals surface area contributed by atoms with E-state index in [2.05, 4.69) is 14.9 Å². The smallest absolute Gasteiger partial charge is 0.226 e. The van der Waals surface area contributed by atoms with Crippen LogP contribution in [0.5, 0.6) is 0 Å². The fraction of sp³-hybridized carbons (Fsp3) is 0.643. The van der Waals surface area contributed by atoms with Gasteiger partial charge in [0, 0.05) is 12.2 Å². The molecule has 1 saturated carbocycles. The quantitative estimate of drug-likeness (QED) is 0.626. The number of hydrogen-bond donors (Lipinski definition) is 2. The lowest BCUT2D eigenvalue weighted by atomic mass is 9.90. The minimum atomic E-state index is -0.00907. The number of ether oxygens (including phenoxy) is 1. The van der Waals surface area contributed by atoms with Gasteiger partial charge in [-0.3, -0.25) is 5.41 Å². The van der Waals surface area contributed by atoms with E-state index in [0.717, 1.165) is 25.1 Å². The Hall–Kier alpha value is -1.69. The summed E-state index contributed by atoms with van der Waals surface area (Å²) in [6, 6.07) is 2.11. The first-order chi connectivity index (χ1) is 9.65. The Balaban J connectivity index is 1.92. The van der Waals surface area contributed by atoms with Gasteiger partial charge in [-0.05, 0) is 25.8 Å². The Labute approximate surface area is 118 Å². The van der Waals surface area contributed by atoms with Crippen molar-refractivity contribution < 1.29 is 4.74 Å². The maximum absolute atomic E-state index is 7.57. The monoisotopic (exact) mass is 275 g/mol. The molecule has 2 aliphatic rings. The van der Waals surface area contributed by atoms with Gasteiger partial charge in [-0.15, -0.1) is 0 Å². The summed E-state index contributed by atoms with van der Waals surface area (Å²) in [4.78, 5) is 11.2. The topological polar surface area (TPSA) is 88.1 Å². The second-order valence-corrected chi connectivity index (χ2v) is 5.56. The van der Waals surface area contributed by atoms with E-state index in [1.54, 1.807) is 6.07 Å². The van der Waals surface area contributed by atoms with Gasteiger partial charge in [-0.2, -0.15) is 0 Å². The molecule has 3 N–H and O–H groups in total. The molecule has 2 heterocycles. The Bertz CT molecular complexity index is 516. The molecular weight excluding hydrogens is 254 g/mol. The number of rotatable bonds is 2. The molecule has 108 valence electrons. The van der Waals surface area contributed by atoms with Gasteiger partial charge >= 0.3 is 0 Å². The van der Waals surface area contributed by atoms with Crippen molar-refractivity contribution in [2.45, 2.75) is 44.8 Å². The lowest BCUT2D eigenvalue weighted by Crippen LogP contribution is -2.53. The van der Waals surface area contributed by atoms with E-state index in [0.29, 0.717) is 30.4 Å². The van der Waals surface area contributed by atoms with Crippen molar-refractivity contribution in [1.29, 1.82) is 5.41 Å². The van der Waals surface area contributed by atoms with Crippen LogP contribution in [-0.4, -0.2) is 41.1 Å². The number of aryl methyl sites for hydroxylation is 1. The number of nitrogens with zero attached hydrogens (tertiary/aromatic N) is 3. The van der Waals surface area contributed by atoms with Crippen LogP contribution < -0.4 is 10.6 Å². The van der Waals surface area contributed by atoms with Crippen LogP contribution in [0, 0.1) is 12.3 Å². The summed E-state index contributed by atoms with van der Waals surface area (Å²) in [5.74, 6) is 0.681. The van der Waals surface area contributed by atoms with Crippen LogP contribution in [0.2, 0.25) is 0 Å². The van der Waals surface area contributed by atoms with Gasteiger partial charge < -0.3 is 15.4 Å². The zero-order chi connectivity index (χ0) is 14.1. The van der Waals surface area contributed by atoms with E-state index in [1.165, 1.54) is 12.8 Å². The van der Waals surface area contributed by atoms with Crippen molar-refractivity contribution >= 4 is 11.8 Å². The molecule has 2 fully saturated rings. The predicted molar refractivity (Wildman–Crippen MR) is 77.1 cm³/mol. The average molecular weight is 275 g/mol. The molecule has 1 aliphatic heterocycles. The predicted octanol–water partition coefficient (Wildman–Crippen LogP) is 1.22. The third-order valence-corrected chi connectivity index (χ3v) is 4.11. The molecule has 1 aromatic rings. The van der Waals surface area contributed by atoms with E-state index < -0.39 is 0 Å². The molecule has 1 aliphatic carbocycles. The zero-order valence-electron chi connectivity index (χ0n) is 11.8. The highest BCUT2D eigenvalue weighted by Gasteiger charge is 2.35. The zero-order valence-corrected chi connectivity index (χ0v) is 11.8. The molecule has 6 heteroatoms. The molecule has 0 spiro atoms. The summed E-state index contributed by atoms with van der Waals surface area (Å²) in [6.07, 6.45) is 5.00. The second-order valence-electron chi connectivity index (χ2n) is 5.56. The first-order valence-electron chi connectivity index (χ1n) is 7.23. The van der Waals surface area contributed by atoms with Crippen LogP contribution in [0.25, 0.3) is 0 Å². The fourth-order valence-corrected chi connectivity index (χ4v) is 3.16. The molecule has 6 nitrogen and oxygen atoms in total. The van der Waals surface area contributed by atoms with Crippen molar-refractivity contribution in [1.82, 2.24) is 9.97 Å². The third-order valence-electron chi connectivity index (χ3n) is 4.11. The number of amidine groups is 1. The number of nitrogens with two attached hydrogens (primary N) is 1. The highest BCUT2D eigenvalue weighted by Crippen LogP contribution is 2.30. The largest absolute Gasteiger partial charge is 0.382 e. The first-order valence-corrected chi connectivity index (χ1v) is 7.23. The van der Waals surface area contributed by atoms with Gasteiger partial charge in [0.1, 0.15) is 11.5 Å². The number of hydrogen-bond acceptors (Lipinski definition) is 5. The van der Waals surface area contributed by atoms with Crippen LogP contribution in [0.4, 0.5) is 5.95 Å². The van der Waals surface area contributed by atoms with Crippen LogP contribution in [-0.2, 0) is 4.74 Å². The Morgan fingerprint density at radius 2 is 2.20 bits per heavy atom. The molecule has 2 atom stereocenters.